The maximum Gasteiger partial charge on any atom is 0.315 e. The Balaban J connectivity index is 2.24. The van der Waals surface area contributed by atoms with Crippen molar-refractivity contribution in [3.8, 4) is 5.88 Å². The molecule has 0 fully saturated rings. The zero-order valence-corrected chi connectivity index (χ0v) is 12.6. The molecule has 1 rings (SSSR count). The Morgan fingerprint density at radius 3 is 2.80 bits per heavy atom. The van der Waals surface area contributed by atoms with Crippen molar-refractivity contribution in [3.63, 3.8) is 0 Å². The Kier molecular flexibility index (Phi) is 7.47. The molecule has 2 amide bonds. The molecular weight excluding hydrogens is 254 g/mol. The summed E-state index contributed by atoms with van der Waals surface area (Å²) in [4.78, 5) is 15.8. The number of hydrogen-bond donors (Lipinski definition) is 2. The minimum atomic E-state index is -0.134. The van der Waals surface area contributed by atoms with Crippen LogP contribution in [-0.4, -0.2) is 24.2 Å². The summed E-state index contributed by atoms with van der Waals surface area (Å²) in [6.45, 7) is 4.67. The molecule has 2 N–H and O–H groups in total. The lowest BCUT2D eigenvalue weighted by Gasteiger charge is -2.14. The van der Waals surface area contributed by atoms with Crippen LogP contribution in [0.1, 0.15) is 45.1 Å². The Morgan fingerprint density at radius 2 is 2.20 bits per heavy atom. The zero-order valence-electron chi connectivity index (χ0n) is 12.6. The Labute approximate surface area is 121 Å². The molecule has 0 spiro atoms. The Morgan fingerprint density at radius 1 is 1.40 bits per heavy atom. The van der Waals surface area contributed by atoms with Gasteiger partial charge in [0.2, 0.25) is 5.88 Å². The van der Waals surface area contributed by atoms with E-state index in [0.29, 0.717) is 12.4 Å². The average molecular weight is 279 g/mol. The molecule has 1 aromatic rings. The van der Waals surface area contributed by atoms with Crippen molar-refractivity contribution in [3.05, 3.63) is 23.9 Å². The molecule has 0 radical (unpaired) electrons. The molecule has 1 atom stereocenters. The molecule has 0 bridgehead atoms. The van der Waals surface area contributed by atoms with Crippen LogP contribution in [0.3, 0.4) is 0 Å². The molecule has 0 aliphatic rings. The number of amides is 2. The van der Waals surface area contributed by atoms with Gasteiger partial charge in [-0.3, -0.25) is 0 Å². The van der Waals surface area contributed by atoms with E-state index >= 15 is 0 Å². The lowest BCUT2D eigenvalue weighted by Crippen LogP contribution is -2.40. The fourth-order valence-corrected chi connectivity index (χ4v) is 1.87. The van der Waals surface area contributed by atoms with Crippen molar-refractivity contribution in [1.29, 1.82) is 0 Å². The molecule has 0 saturated heterocycles. The van der Waals surface area contributed by atoms with Crippen molar-refractivity contribution in [1.82, 2.24) is 15.6 Å². The van der Waals surface area contributed by atoms with E-state index in [4.69, 9.17) is 4.74 Å². The zero-order chi connectivity index (χ0) is 14.8. The van der Waals surface area contributed by atoms with Gasteiger partial charge in [-0.05, 0) is 18.9 Å². The summed E-state index contributed by atoms with van der Waals surface area (Å²) in [7, 11) is 1.58. The quantitative estimate of drug-likeness (QED) is 0.719. The van der Waals surface area contributed by atoms with Crippen LogP contribution in [0.15, 0.2) is 18.3 Å². The Hall–Kier alpha value is -1.78. The summed E-state index contributed by atoms with van der Waals surface area (Å²) in [5.74, 6) is 0.572. The minimum absolute atomic E-state index is 0.134. The summed E-state index contributed by atoms with van der Waals surface area (Å²) in [5, 5.41) is 5.76. The fraction of sp³-hybridized carbons (Fsp3) is 0.600. The van der Waals surface area contributed by atoms with Gasteiger partial charge in [0.25, 0.3) is 0 Å². The molecule has 5 heteroatoms. The van der Waals surface area contributed by atoms with Gasteiger partial charge in [0.05, 0.1) is 7.11 Å². The van der Waals surface area contributed by atoms with E-state index in [1.807, 2.05) is 13.0 Å². The topological polar surface area (TPSA) is 63.2 Å². The van der Waals surface area contributed by atoms with Crippen LogP contribution in [0.25, 0.3) is 0 Å². The summed E-state index contributed by atoms with van der Waals surface area (Å²) in [6.07, 6.45) is 6.28. The number of aromatic nitrogens is 1. The first-order chi connectivity index (χ1) is 9.65. The number of nitrogens with one attached hydrogen (secondary N) is 2. The van der Waals surface area contributed by atoms with Crippen LogP contribution >= 0.6 is 0 Å². The normalized spacial score (nSPS) is 11.8. The average Bonchev–Trinajstić information content (AvgIpc) is 2.46. The van der Waals surface area contributed by atoms with Crippen LogP contribution in [0.2, 0.25) is 0 Å². The highest BCUT2D eigenvalue weighted by molar-refractivity contribution is 5.74. The molecule has 20 heavy (non-hydrogen) atoms. The molecular formula is C15H25N3O2. The second-order valence-electron chi connectivity index (χ2n) is 4.93. The summed E-state index contributed by atoms with van der Waals surface area (Å²) in [6, 6.07) is 3.74. The predicted octanol–water partition coefficient (Wildman–Crippen LogP) is 2.86. The van der Waals surface area contributed by atoms with E-state index in [0.717, 1.165) is 18.4 Å². The molecule has 0 aliphatic heterocycles. The monoisotopic (exact) mass is 279 g/mol. The maximum absolute atomic E-state index is 11.7. The highest BCUT2D eigenvalue weighted by Crippen LogP contribution is 2.06. The molecule has 0 saturated carbocycles. The SMILES string of the molecule is CCCCCC(C)NC(=O)NCc1ccc(OC)nc1. The number of carbonyl (C=O) groups is 1. The third kappa shape index (κ3) is 6.41. The van der Waals surface area contributed by atoms with E-state index in [-0.39, 0.29) is 12.1 Å². The number of rotatable bonds is 8. The van der Waals surface area contributed by atoms with Crippen molar-refractivity contribution >= 4 is 6.03 Å². The van der Waals surface area contributed by atoms with Crippen LogP contribution < -0.4 is 15.4 Å². The number of nitrogens with zero attached hydrogens (tertiary/aromatic N) is 1. The van der Waals surface area contributed by atoms with Crippen molar-refractivity contribution in [2.24, 2.45) is 0 Å². The van der Waals surface area contributed by atoms with Gasteiger partial charge in [-0.25, -0.2) is 9.78 Å². The predicted molar refractivity (Wildman–Crippen MR) is 79.8 cm³/mol. The second kappa shape index (κ2) is 9.18. The number of pyridine rings is 1. The fourth-order valence-electron chi connectivity index (χ4n) is 1.87. The van der Waals surface area contributed by atoms with E-state index in [9.17, 15) is 4.79 Å². The van der Waals surface area contributed by atoms with Gasteiger partial charge >= 0.3 is 6.03 Å². The molecule has 0 aromatic carbocycles. The third-order valence-corrected chi connectivity index (χ3v) is 3.08. The minimum Gasteiger partial charge on any atom is -0.481 e. The second-order valence-corrected chi connectivity index (χ2v) is 4.93. The third-order valence-electron chi connectivity index (χ3n) is 3.08. The maximum atomic E-state index is 11.7. The van der Waals surface area contributed by atoms with Gasteiger partial charge in [0.1, 0.15) is 0 Å². The van der Waals surface area contributed by atoms with Crippen LogP contribution in [-0.2, 0) is 6.54 Å². The number of methoxy groups -OCH3 is 1. The highest BCUT2D eigenvalue weighted by Gasteiger charge is 2.06. The summed E-state index contributed by atoms with van der Waals surface area (Å²) >= 11 is 0. The Bertz CT molecular complexity index is 393. The van der Waals surface area contributed by atoms with Gasteiger partial charge in [0.15, 0.2) is 0 Å². The number of hydrogen-bond acceptors (Lipinski definition) is 3. The van der Waals surface area contributed by atoms with E-state index in [2.05, 4.69) is 22.5 Å². The van der Waals surface area contributed by atoms with Gasteiger partial charge < -0.3 is 15.4 Å². The van der Waals surface area contributed by atoms with Gasteiger partial charge in [0, 0.05) is 24.8 Å². The van der Waals surface area contributed by atoms with Crippen LogP contribution in [0.5, 0.6) is 5.88 Å². The lowest BCUT2D eigenvalue weighted by atomic mass is 10.1. The van der Waals surface area contributed by atoms with E-state index < -0.39 is 0 Å². The first-order valence-corrected chi connectivity index (χ1v) is 7.19. The molecule has 1 aromatic heterocycles. The molecule has 1 unspecified atom stereocenters. The molecule has 1 heterocycles. The van der Waals surface area contributed by atoms with Crippen molar-refractivity contribution in [2.45, 2.75) is 52.1 Å². The number of unbranched alkanes of at least 4 members (excludes halogenated alkanes) is 2. The standard InChI is InChI=1S/C15H25N3O2/c1-4-5-6-7-12(2)18-15(19)17-11-13-8-9-14(20-3)16-10-13/h8-10,12H,4-7,11H2,1-3H3,(H2,17,18,19). The first kappa shape index (κ1) is 16.3. The molecule has 112 valence electrons. The van der Waals surface area contributed by atoms with Gasteiger partial charge in [-0.1, -0.05) is 32.3 Å². The van der Waals surface area contributed by atoms with Gasteiger partial charge in [-0.15, -0.1) is 0 Å². The molecule has 5 nitrogen and oxygen atoms in total. The summed E-state index contributed by atoms with van der Waals surface area (Å²) < 4.78 is 4.98. The molecule has 0 aliphatic carbocycles. The number of ether oxygens (including phenoxy) is 1. The van der Waals surface area contributed by atoms with E-state index in [1.54, 1.807) is 19.4 Å². The smallest absolute Gasteiger partial charge is 0.315 e. The van der Waals surface area contributed by atoms with Crippen LogP contribution in [0.4, 0.5) is 4.79 Å². The van der Waals surface area contributed by atoms with Crippen molar-refractivity contribution in [2.75, 3.05) is 7.11 Å². The number of carbonyl (C=O) groups excluding carboxylic acids is 1. The largest absolute Gasteiger partial charge is 0.481 e. The highest BCUT2D eigenvalue weighted by atomic mass is 16.5. The first-order valence-electron chi connectivity index (χ1n) is 7.19. The summed E-state index contributed by atoms with van der Waals surface area (Å²) in [5.41, 5.74) is 0.944. The lowest BCUT2D eigenvalue weighted by molar-refractivity contribution is 0.236. The van der Waals surface area contributed by atoms with Crippen LogP contribution in [0, 0.1) is 0 Å². The van der Waals surface area contributed by atoms with E-state index in [1.165, 1.54) is 12.8 Å². The van der Waals surface area contributed by atoms with Crippen molar-refractivity contribution < 1.29 is 9.53 Å². The number of urea groups is 1. The van der Waals surface area contributed by atoms with Gasteiger partial charge in [-0.2, -0.15) is 0 Å².